The Kier molecular flexibility index (Phi) is 6.26. The van der Waals surface area contributed by atoms with Gasteiger partial charge in [-0.15, -0.1) is 0 Å². The van der Waals surface area contributed by atoms with Crippen molar-refractivity contribution in [3.05, 3.63) is 23.8 Å². The fraction of sp³-hybridized carbons (Fsp3) is 0.625. The Morgan fingerprint density at radius 2 is 2.13 bits per heavy atom. The summed E-state index contributed by atoms with van der Waals surface area (Å²) in [5.74, 6) is 0.620. The molecular weight excluding hydrogens is 318 g/mol. The second-order valence-corrected chi connectivity index (χ2v) is 7.97. The first-order valence-electron chi connectivity index (χ1n) is 7.85. The third kappa shape index (κ3) is 5.09. The molecule has 1 fully saturated rings. The zero-order valence-electron chi connectivity index (χ0n) is 13.9. The molecule has 1 aliphatic heterocycles. The summed E-state index contributed by atoms with van der Waals surface area (Å²) < 4.78 is 39.9. The fourth-order valence-electron chi connectivity index (χ4n) is 2.30. The van der Waals surface area contributed by atoms with Crippen LogP contribution in [0.4, 0.5) is 0 Å². The molecule has 0 aliphatic carbocycles. The monoisotopic (exact) mass is 343 g/mol. The number of methoxy groups -OCH3 is 1. The van der Waals surface area contributed by atoms with E-state index in [-0.39, 0.29) is 11.9 Å². The highest BCUT2D eigenvalue weighted by atomic mass is 32.2. The predicted molar refractivity (Wildman–Crippen MR) is 88.4 cm³/mol. The van der Waals surface area contributed by atoms with Gasteiger partial charge in [0.05, 0.1) is 18.5 Å². The quantitative estimate of drug-likeness (QED) is 0.729. The Morgan fingerprint density at radius 1 is 1.35 bits per heavy atom. The number of ether oxygens (including phenoxy) is 2. The highest BCUT2D eigenvalue weighted by Gasteiger charge is 2.21. The van der Waals surface area contributed by atoms with Crippen LogP contribution >= 0.6 is 0 Å². The molecule has 0 spiro atoms. The molecule has 1 aromatic carbocycles. The Hall–Kier alpha value is -1.31. The van der Waals surface area contributed by atoms with Crippen molar-refractivity contribution in [2.45, 2.75) is 44.6 Å². The van der Waals surface area contributed by atoms with Gasteiger partial charge in [0.2, 0.25) is 0 Å². The van der Waals surface area contributed by atoms with E-state index in [0.29, 0.717) is 12.3 Å². The van der Waals surface area contributed by atoms with Crippen molar-refractivity contribution in [3.8, 4) is 11.5 Å². The van der Waals surface area contributed by atoms with Crippen LogP contribution in [-0.2, 0) is 21.4 Å². The maximum atomic E-state index is 12.0. The summed E-state index contributed by atoms with van der Waals surface area (Å²) in [6.45, 7) is 5.39. The first-order chi connectivity index (χ1) is 10.9. The van der Waals surface area contributed by atoms with Crippen molar-refractivity contribution >= 4 is 10.1 Å². The van der Waals surface area contributed by atoms with Gasteiger partial charge >= 0.3 is 10.1 Å². The van der Waals surface area contributed by atoms with E-state index in [4.69, 9.17) is 13.7 Å². The van der Waals surface area contributed by atoms with Gasteiger partial charge in [0, 0.05) is 19.7 Å². The molecular formula is C16H25NO5S. The topological polar surface area (TPSA) is 73.9 Å². The number of hydrogen-bond acceptors (Lipinski definition) is 6. The summed E-state index contributed by atoms with van der Waals surface area (Å²) in [5, 5.41) is 2.71. The highest BCUT2D eigenvalue weighted by molar-refractivity contribution is 7.87. The molecule has 1 aliphatic rings. The number of rotatable bonds is 8. The molecule has 2 rings (SSSR count). The minimum absolute atomic E-state index is 0.220. The van der Waals surface area contributed by atoms with Crippen LogP contribution < -0.4 is 14.2 Å². The Labute approximate surface area is 138 Å². The van der Waals surface area contributed by atoms with Gasteiger partial charge in [-0.25, -0.2) is 0 Å². The lowest BCUT2D eigenvalue weighted by atomic mass is 10.2. The smallest absolute Gasteiger partial charge is 0.311 e. The van der Waals surface area contributed by atoms with Gasteiger partial charge in [-0.1, -0.05) is 6.07 Å². The van der Waals surface area contributed by atoms with Crippen LogP contribution in [0, 0.1) is 0 Å². The molecule has 1 atom stereocenters. The summed E-state index contributed by atoms with van der Waals surface area (Å²) in [7, 11) is -2.17. The molecule has 23 heavy (non-hydrogen) atoms. The maximum Gasteiger partial charge on any atom is 0.311 e. The third-order valence-electron chi connectivity index (χ3n) is 3.74. The van der Waals surface area contributed by atoms with Crippen LogP contribution in [-0.4, -0.2) is 40.0 Å². The van der Waals surface area contributed by atoms with Gasteiger partial charge in [-0.05, 0) is 44.4 Å². The van der Waals surface area contributed by atoms with Gasteiger partial charge in [0.25, 0.3) is 0 Å². The van der Waals surface area contributed by atoms with E-state index < -0.39 is 15.4 Å². The summed E-state index contributed by atoms with van der Waals surface area (Å²) in [5.41, 5.74) is 0.928. The van der Waals surface area contributed by atoms with Crippen LogP contribution in [0.2, 0.25) is 0 Å². The van der Waals surface area contributed by atoms with E-state index in [1.165, 1.54) is 7.11 Å². The van der Waals surface area contributed by atoms with Crippen LogP contribution in [0.3, 0.4) is 0 Å². The lowest BCUT2D eigenvalue weighted by molar-refractivity contribution is 0.110. The van der Waals surface area contributed by atoms with Crippen molar-refractivity contribution < 1.29 is 22.1 Å². The average molecular weight is 343 g/mol. The van der Waals surface area contributed by atoms with Crippen molar-refractivity contribution in [1.82, 2.24) is 5.32 Å². The van der Waals surface area contributed by atoms with Crippen LogP contribution in [0.1, 0.15) is 32.3 Å². The van der Waals surface area contributed by atoms with E-state index in [1.54, 1.807) is 26.0 Å². The zero-order chi connectivity index (χ0) is 16.9. The lowest BCUT2D eigenvalue weighted by Gasteiger charge is -2.15. The summed E-state index contributed by atoms with van der Waals surface area (Å²) in [4.78, 5) is 0. The van der Waals surface area contributed by atoms with Gasteiger partial charge in [-0.3, -0.25) is 0 Å². The molecule has 0 unspecified atom stereocenters. The summed E-state index contributed by atoms with van der Waals surface area (Å²) in [6, 6.07) is 5.30. The SMILES string of the molecule is COc1ccc(CNC[C@H]2CCCO2)cc1OS(=O)(=O)C(C)C. The second kappa shape index (κ2) is 7.99. The molecule has 1 N–H and O–H groups in total. The van der Waals surface area contributed by atoms with Crippen molar-refractivity contribution in [1.29, 1.82) is 0 Å². The van der Waals surface area contributed by atoms with E-state index in [9.17, 15) is 8.42 Å². The van der Waals surface area contributed by atoms with Crippen LogP contribution in [0.25, 0.3) is 0 Å². The maximum absolute atomic E-state index is 12.0. The van der Waals surface area contributed by atoms with E-state index in [0.717, 1.165) is 31.6 Å². The van der Waals surface area contributed by atoms with E-state index in [1.807, 2.05) is 6.07 Å². The Balaban J connectivity index is 2.02. The largest absolute Gasteiger partial charge is 0.493 e. The predicted octanol–water partition coefficient (Wildman–Crippen LogP) is 2.08. The minimum atomic E-state index is -3.65. The van der Waals surface area contributed by atoms with Crippen molar-refractivity contribution in [2.75, 3.05) is 20.3 Å². The summed E-state index contributed by atoms with van der Waals surface area (Å²) >= 11 is 0. The van der Waals surface area contributed by atoms with Crippen molar-refractivity contribution in [2.24, 2.45) is 0 Å². The molecule has 7 heteroatoms. The van der Waals surface area contributed by atoms with E-state index in [2.05, 4.69) is 5.32 Å². The van der Waals surface area contributed by atoms with Crippen LogP contribution in [0.15, 0.2) is 18.2 Å². The van der Waals surface area contributed by atoms with Crippen LogP contribution in [0.5, 0.6) is 11.5 Å². The average Bonchev–Trinajstić information content (AvgIpc) is 3.00. The zero-order valence-corrected chi connectivity index (χ0v) is 14.7. The second-order valence-electron chi connectivity index (χ2n) is 5.88. The molecule has 1 heterocycles. The molecule has 1 aromatic rings. The molecule has 1 saturated heterocycles. The first-order valence-corrected chi connectivity index (χ1v) is 9.32. The molecule has 0 radical (unpaired) electrons. The Morgan fingerprint density at radius 3 is 2.74 bits per heavy atom. The molecule has 0 aromatic heterocycles. The lowest BCUT2D eigenvalue weighted by Crippen LogP contribution is -2.25. The number of nitrogens with one attached hydrogen (secondary N) is 1. The third-order valence-corrected chi connectivity index (χ3v) is 5.30. The molecule has 0 bridgehead atoms. The summed E-state index contributed by atoms with van der Waals surface area (Å²) in [6.07, 6.45) is 2.46. The first kappa shape index (κ1) is 18.0. The van der Waals surface area contributed by atoms with Gasteiger partial charge in [-0.2, -0.15) is 8.42 Å². The van der Waals surface area contributed by atoms with Gasteiger partial charge in [0.1, 0.15) is 0 Å². The molecule has 130 valence electrons. The number of benzene rings is 1. The van der Waals surface area contributed by atoms with E-state index >= 15 is 0 Å². The molecule has 0 saturated carbocycles. The standard InChI is InChI=1S/C16H25NO5S/c1-12(2)23(18,19)22-16-9-13(6-7-15(16)20-3)10-17-11-14-5-4-8-21-14/h6-7,9,12,14,17H,4-5,8,10-11H2,1-3H3/t14-/m1/s1. The normalized spacial score (nSPS) is 18.3. The highest BCUT2D eigenvalue weighted by Crippen LogP contribution is 2.30. The molecule has 0 amide bonds. The van der Waals surface area contributed by atoms with Gasteiger partial charge < -0.3 is 19.0 Å². The fourth-order valence-corrected chi connectivity index (χ4v) is 2.87. The number of hydrogen-bond donors (Lipinski definition) is 1. The minimum Gasteiger partial charge on any atom is -0.493 e. The Bertz CT molecular complexity index is 609. The molecule has 6 nitrogen and oxygen atoms in total. The van der Waals surface area contributed by atoms with Crippen molar-refractivity contribution in [3.63, 3.8) is 0 Å². The van der Waals surface area contributed by atoms with Gasteiger partial charge in [0.15, 0.2) is 11.5 Å².